The Bertz CT molecular complexity index is 1470. The van der Waals surface area contributed by atoms with Crippen LogP contribution in [0.4, 0.5) is 4.39 Å². The first-order chi connectivity index (χ1) is 16.4. The smallest absolute Gasteiger partial charge is 0.290 e. The summed E-state index contributed by atoms with van der Waals surface area (Å²) in [4.78, 5) is 28.7. The number of carbonyl (C=O) groups excluding carboxylic acids is 1. The molecule has 0 radical (unpaired) electrons. The molecule has 0 aliphatic carbocycles. The lowest BCUT2D eigenvalue weighted by atomic mass is 9.97. The third-order valence-electron chi connectivity index (χ3n) is 6.58. The summed E-state index contributed by atoms with van der Waals surface area (Å²) in [7, 11) is 1.60. The lowest BCUT2D eigenvalue weighted by Gasteiger charge is -2.25. The number of benzene rings is 3. The van der Waals surface area contributed by atoms with Gasteiger partial charge in [0, 0.05) is 12.1 Å². The number of carbonyl (C=O) groups is 1. The van der Waals surface area contributed by atoms with Gasteiger partial charge < -0.3 is 14.1 Å². The topological polar surface area (TPSA) is 59.8 Å². The average Bonchev–Trinajstić information content (AvgIpc) is 3.11. The fourth-order valence-corrected chi connectivity index (χ4v) is 4.57. The number of nitrogens with zero attached hydrogens (tertiary/aromatic N) is 1. The van der Waals surface area contributed by atoms with Gasteiger partial charge in [0.25, 0.3) is 5.91 Å². The number of fused-ring (bicyclic) bond motifs is 2. The van der Waals surface area contributed by atoms with Gasteiger partial charge in [-0.25, -0.2) is 4.39 Å². The molecule has 0 fully saturated rings. The SMILES string of the molecule is COc1ccc(CCN2C(=O)c3oc4cc(C)c(C)cc4c(=O)c3[C@@H]2c2ccccc2F)cc1. The van der Waals surface area contributed by atoms with Crippen LogP contribution < -0.4 is 10.2 Å². The number of ether oxygens (including phenoxy) is 1. The highest BCUT2D eigenvalue weighted by Gasteiger charge is 2.43. The van der Waals surface area contributed by atoms with E-state index >= 15 is 0 Å². The van der Waals surface area contributed by atoms with Crippen LogP contribution in [0.2, 0.25) is 0 Å². The molecule has 4 aromatic rings. The molecule has 5 rings (SSSR count). The summed E-state index contributed by atoms with van der Waals surface area (Å²) in [6.45, 7) is 4.14. The summed E-state index contributed by atoms with van der Waals surface area (Å²) in [6, 6.07) is 16.5. The number of amides is 1. The predicted octanol–water partition coefficient (Wildman–Crippen LogP) is 5.35. The van der Waals surface area contributed by atoms with Gasteiger partial charge in [0.15, 0.2) is 5.43 Å². The molecule has 0 unspecified atom stereocenters. The second-order valence-electron chi connectivity index (χ2n) is 8.63. The standard InChI is InChI=1S/C28H24FNO4/c1-16-14-21-23(15-17(16)2)34-27-24(26(21)31)25(20-6-4-5-7-22(20)29)30(28(27)32)13-12-18-8-10-19(33-3)11-9-18/h4-11,14-15,25H,12-13H2,1-3H3/t25-/m0/s1. The van der Waals surface area contributed by atoms with E-state index in [1.807, 2.05) is 38.1 Å². The van der Waals surface area contributed by atoms with Crippen molar-refractivity contribution in [2.24, 2.45) is 0 Å². The molecule has 3 aromatic carbocycles. The maximum absolute atomic E-state index is 15.0. The summed E-state index contributed by atoms with van der Waals surface area (Å²) in [5, 5.41) is 0.396. The normalized spacial score (nSPS) is 15.1. The molecule has 1 aromatic heterocycles. The summed E-state index contributed by atoms with van der Waals surface area (Å²) in [5.41, 5.74) is 3.44. The fourth-order valence-electron chi connectivity index (χ4n) is 4.57. The van der Waals surface area contributed by atoms with E-state index in [-0.39, 0.29) is 22.3 Å². The van der Waals surface area contributed by atoms with E-state index in [0.717, 1.165) is 22.4 Å². The molecule has 1 aliphatic rings. The van der Waals surface area contributed by atoms with Gasteiger partial charge in [-0.1, -0.05) is 30.3 Å². The molecule has 34 heavy (non-hydrogen) atoms. The molecule has 1 aliphatic heterocycles. The Kier molecular flexibility index (Phi) is 5.44. The largest absolute Gasteiger partial charge is 0.497 e. The van der Waals surface area contributed by atoms with Gasteiger partial charge in [0.05, 0.1) is 24.1 Å². The van der Waals surface area contributed by atoms with Crippen LogP contribution in [0, 0.1) is 19.7 Å². The lowest BCUT2D eigenvalue weighted by Crippen LogP contribution is -2.32. The van der Waals surface area contributed by atoms with E-state index in [4.69, 9.17) is 9.15 Å². The maximum atomic E-state index is 15.0. The first-order valence-electron chi connectivity index (χ1n) is 11.2. The van der Waals surface area contributed by atoms with Crippen LogP contribution in [-0.2, 0) is 6.42 Å². The minimum atomic E-state index is -0.857. The van der Waals surface area contributed by atoms with Gasteiger partial charge in [-0.15, -0.1) is 0 Å². The molecule has 0 N–H and O–H groups in total. The van der Waals surface area contributed by atoms with Gasteiger partial charge in [-0.2, -0.15) is 0 Å². The van der Waals surface area contributed by atoms with Crippen molar-refractivity contribution in [3.8, 4) is 5.75 Å². The van der Waals surface area contributed by atoms with E-state index < -0.39 is 17.8 Å². The summed E-state index contributed by atoms with van der Waals surface area (Å²) in [5.74, 6) is -0.148. The van der Waals surface area contributed by atoms with Crippen LogP contribution in [0.25, 0.3) is 11.0 Å². The van der Waals surface area contributed by atoms with E-state index in [2.05, 4.69) is 0 Å². The molecular weight excluding hydrogens is 433 g/mol. The fraction of sp³-hybridized carbons (Fsp3) is 0.214. The third-order valence-corrected chi connectivity index (χ3v) is 6.58. The van der Waals surface area contributed by atoms with Gasteiger partial charge >= 0.3 is 0 Å². The molecular formula is C28H24FNO4. The second kappa shape index (κ2) is 8.45. The molecule has 2 heterocycles. The monoisotopic (exact) mass is 457 g/mol. The molecule has 5 nitrogen and oxygen atoms in total. The summed E-state index contributed by atoms with van der Waals surface area (Å²) in [6.07, 6.45) is 0.528. The molecule has 1 atom stereocenters. The number of hydrogen-bond donors (Lipinski definition) is 0. The first kappa shape index (κ1) is 21.9. The van der Waals surface area contributed by atoms with Crippen LogP contribution in [0.1, 0.15) is 44.4 Å². The quantitative estimate of drug-likeness (QED) is 0.406. The molecule has 6 heteroatoms. The Morgan fingerprint density at radius 3 is 2.41 bits per heavy atom. The zero-order valence-electron chi connectivity index (χ0n) is 19.2. The average molecular weight is 458 g/mol. The third kappa shape index (κ3) is 3.55. The van der Waals surface area contributed by atoms with Gasteiger partial charge in [-0.3, -0.25) is 9.59 Å². The predicted molar refractivity (Wildman–Crippen MR) is 128 cm³/mol. The summed E-state index contributed by atoms with van der Waals surface area (Å²) < 4.78 is 26.2. The van der Waals surface area contributed by atoms with Crippen LogP contribution >= 0.6 is 0 Å². The highest BCUT2D eigenvalue weighted by Crippen LogP contribution is 2.39. The van der Waals surface area contributed by atoms with Gasteiger partial charge in [0.1, 0.15) is 17.1 Å². The van der Waals surface area contributed by atoms with Gasteiger partial charge in [-0.05, 0) is 67.3 Å². The Morgan fingerprint density at radius 1 is 1.00 bits per heavy atom. The minimum absolute atomic E-state index is 0.0104. The van der Waals surface area contributed by atoms with Crippen molar-refractivity contribution in [1.82, 2.24) is 4.90 Å². The minimum Gasteiger partial charge on any atom is -0.497 e. The molecule has 0 saturated heterocycles. The van der Waals surface area contributed by atoms with Crippen molar-refractivity contribution in [3.05, 3.63) is 110 Å². The second-order valence-corrected chi connectivity index (χ2v) is 8.63. The van der Waals surface area contributed by atoms with Crippen molar-refractivity contribution in [3.63, 3.8) is 0 Å². The number of halogens is 1. The zero-order valence-corrected chi connectivity index (χ0v) is 19.2. The van der Waals surface area contributed by atoms with Crippen LogP contribution in [-0.4, -0.2) is 24.5 Å². The Labute approximate surface area is 196 Å². The molecule has 0 spiro atoms. The number of hydrogen-bond acceptors (Lipinski definition) is 4. The Hall–Kier alpha value is -3.93. The molecule has 1 amide bonds. The van der Waals surface area contributed by atoms with E-state index in [0.29, 0.717) is 23.9 Å². The van der Waals surface area contributed by atoms with Crippen molar-refractivity contribution < 1.29 is 18.3 Å². The van der Waals surface area contributed by atoms with Crippen LogP contribution in [0.3, 0.4) is 0 Å². The van der Waals surface area contributed by atoms with Crippen molar-refractivity contribution in [2.75, 3.05) is 13.7 Å². The Balaban J connectivity index is 1.63. The Morgan fingerprint density at radius 2 is 1.71 bits per heavy atom. The zero-order chi connectivity index (χ0) is 24.0. The number of methoxy groups -OCH3 is 1. The molecule has 0 bridgehead atoms. The van der Waals surface area contributed by atoms with Crippen molar-refractivity contribution in [1.29, 1.82) is 0 Å². The van der Waals surface area contributed by atoms with Crippen LogP contribution in [0.5, 0.6) is 5.75 Å². The van der Waals surface area contributed by atoms with Crippen LogP contribution in [0.15, 0.2) is 69.9 Å². The van der Waals surface area contributed by atoms with Crippen molar-refractivity contribution in [2.45, 2.75) is 26.3 Å². The van der Waals surface area contributed by atoms with E-state index in [1.165, 1.54) is 11.0 Å². The molecule has 0 saturated carbocycles. The van der Waals surface area contributed by atoms with E-state index in [1.54, 1.807) is 37.4 Å². The lowest BCUT2D eigenvalue weighted by molar-refractivity contribution is 0.0728. The van der Waals surface area contributed by atoms with E-state index in [9.17, 15) is 14.0 Å². The van der Waals surface area contributed by atoms with Crippen molar-refractivity contribution >= 4 is 16.9 Å². The number of aryl methyl sites for hydroxylation is 2. The summed E-state index contributed by atoms with van der Waals surface area (Å²) >= 11 is 0. The first-order valence-corrected chi connectivity index (χ1v) is 11.2. The maximum Gasteiger partial charge on any atom is 0.290 e. The number of rotatable bonds is 5. The van der Waals surface area contributed by atoms with Gasteiger partial charge in [0.2, 0.25) is 5.76 Å². The molecule has 172 valence electrons. The highest BCUT2D eigenvalue weighted by molar-refractivity contribution is 5.99. The highest BCUT2D eigenvalue weighted by atomic mass is 19.1.